The number of fused-ring (bicyclic) bond motifs is 1. The summed E-state index contributed by atoms with van der Waals surface area (Å²) in [4.78, 5) is 0. The molecule has 0 aromatic heterocycles. The molecule has 0 nitrogen and oxygen atoms in total. The standard InChI is InChI=1S/C20H22/c1-2-6-15-8-4-10-17-14-18-11-5-9-16(7-3-1)20(18)13-12-19(15)17/h4-5,8-11H,1-3,6-7,12-14H2. The van der Waals surface area contributed by atoms with E-state index in [4.69, 9.17) is 0 Å². The lowest BCUT2D eigenvalue weighted by Crippen LogP contribution is -2.00. The van der Waals surface area contributed by atoms with Crippen molar-refractivity contribution in [3.05, 3.63) is 69.8 Å². The average molecular weight is 262 g/mol. The van der Waals surface area contributed by atoms with Gasteiger partial charge in [-0.05, 0) is 78.3 Å². The van der Waals surface area contributed by atoms with E-state index in [1.165, 1.54) is 44.9 Å². The van der Waals surface area contributed by atoms with Crippen LogP contribution in [0.15, 0.2) is 36.4 Å². The zero-order chi connectivity index (χ0) is 13.4. The molecule has 0 aliphatic heterocycles. The quantitative estimate of drug-likeness (QED) is 0.648. The van der Waals surface area contributed by atoms with E-state index in [0.717, 1.165) is 6.42 Å². The molecule has 0 atom stereocenters. The van der Waals surface area contributed by atoms with Crippen molar-refractivity contribution in [3.63, 3.8) is 0 Å². The molecular weight excluding hydrogens is 240 g/mol. The third-order valence-corrected chi connectivity index (χ3v) is 5.14. The summed E-state index contributed by atoms with van der Waals surface area (Å²) in [7, 11) is 0. The van der Waals surface area contributed by atoms with Crippen molar-refractivity contribution < 1.29 is 0 Å². The van der Waals surface area contributed by atoms with Crippen LogP contribution in [0.2, 0.25) is 0 Å². The van der Waals surface area contributed by atoms with Gasteiger partial charge in [-0.3, -0.25) is 0 Å². The summed E-state index contributed by atoms with van der Waals surface area (Å²) < 4.78 is 0. The second-order valence-electron chi connectivity index (χ2n) is 6.35. The predicted octanol–water partition coefficient (Wildman–Crippen LogP) is 4.64. The maximum atomic E-state index is 2.37. The van der Waals surface area contributed by atoms with Gasteiger partial charge >= 0.3 is 0 Å². The Morgan fingerprint density at radius 3 is 1.55 bits per heavy atom. The van der Waals surface area contributed by atoms with Gasteiger partial charge in [0.05, 0.1) is 0 Å². The average Bonchev–Trinajstić information content (AvgIpc) is 2.68. The largest absolute Gasteiger partial charge is 0.0617 e. The van der Waals surface area contributed by atoms with Gasteiger partial charge in [0, 0.05) is 0 Å². The molecule has 2 aliphatic rings. The van der Waals surface area contributed by atoms with Gasteiger partial charge < -0.3 is 0 Å². The summed E-state index contributed by atoms with van der Waals surface area (Å²) in [6.07, 6.45) is 10.3. The number of rotatable bonds is 0. The van der Waals surface area contributed by atoms with Gasteiger partial charge in [0.15, 0.2) is 0 Å². The molecule has 0 fully saturated rings. The smallest absolute Gasteiger partial charge is 0.00201 e. The molecule has 0 spiro atoms. The van der Waals surface area contributed by atoms with Crippen LogP contribution in [0, 0.1) is 0 Å². The van der Waals surface area contributed by atoms with Crippen molar-refractivity contribution in [1.82, 2.24) is 0 Å². The molecule has 102 valence electrons. The first-order valence-electron chi connectivity index (χ1n) is 8.11. The maximum absolute atomic E-state index is 2.37. The number of benzene rings is 2. The molecule has 0 radical (unpaired) electrons. The maximum Gasteiger partial charge on any atom is -0.00201 e. The van der Waals surface area contributed by atoms with Crippen molar-refractivity contribution in [2.75, 3.05) is 0 Å². The van der Waals surface area contributed by atoms with E-state index >= 15 is 0 Å². The highest BCUT2D eigenvalue weighted by molar-refractivity contribution is 5.46. The SMILES string of the molecule is c1cc2c3c(c1)Cc1cccc(c1CC3)CCCCC2. The fourth-order valence-corrected chi connectivity index (χ4v) is 4.08. The number of hydrogen-bond donors (Lipinski definition) is 0. The Kier molecular flexibility index (Phi) is 3.10. The minimum Gasteiger partial charge on any atom is -0.0617 e. The highest BCUT2D eigenvalue weighted by Gasteiger charge is 2.18. The molecule has 0 amide bonds. The van der Waals surface area contributed by atoms with Gasteiger partial charge in [0.25, 0.3) is 0 Å². The Labute approximate surface area is 121 Å². The second kappa shape index (κ2) is 5.09. The van der Waals surface area contributed by atoms with Crippen LogP contribution in [0.5, 0.6) is 0 Å². The van der Waals surface area contributed by atoms with E-state index in [0.29, 0.717) is 0 Å². The van der Waals surface area contributed by atoms with E-state index in [1.54, 1.807) is 33.4 Å². The van der Waals surface area contributed by atoms with Crippen molar-refractivity contribution >= 4 is 0 Å². The lowest BCUT2D eigenvalue weighted by Gasteiger charge is -2.14. The molecule has 2 aliphatic carbocycles. The Morgan fingerprint density at radius 2 is 1.00 bits per heavy atom. The Balaban J connectivity index is 1.89. The van der Waals surface area contributed by atoms with Crippen molar-refractivity contribution in [3.8, 4) is 0 Å². The fourth-order valence-electron chi connectivity index (χ4n) is 4.08. The molecule has 0 saturated heterocycles. The number of aryl methyl sites for hydroxylation is 2. The summed E-state index contributed by atoms with van der Waals surface area (Å²) in [6.45, 7) is 0. The first kappa shape index (κ1) is 12.2. The van der Waals surface area contributed by atoms with Gasteiger partial charge in [-0.2, -0.15) is 0 Å². The van der Waals surface area contributed by atoms with Crippen molar-refractivity contribution in [2.24, 2.45) is 0 Å². The lowest BCUT2D eigenvalue weighted by molar-refractivity contribution is 0.676. The molecule has 2 bridgehead atoms. The van der Waals surface area contributed by atoms with Crippen LogP contribution in [0.1, 0.15) is 52.6 Å². The van der Waals surface area contributed by atoms with Crippen LogP contribution < -0.4 is 0 Å². The van der Waals surface area contributed by atoms with Crippen LogP contribution in [0.4, 0.5) is 0 Å². The van der Waals surface area contributed by atoms with Crippen LogP contribution in [0.3, 0.4) is 0 Å². The molecular formula is C20H22. The van der Waals surface area contributed by atoms with Crippen LogP contribution in [-0.2, 0) is 32.1 Å². The first-order valence-corrected chi connectivity index (χ1v) is 8.11. The van der Waals surface area contributed by atoms with E-state index in [1.807, 2.05) is 0 Å². The molecule has 2 aromatic carbocycles. The molecule has 0 saturated carbocycles. The summed E-state index contributed by atoms with van der Waals surface area (Å²) in [5, 5.41) is 0. The van der Waals surface area contributed by atoms with Crippen LogP contribution >= 0.6 is 0 Å². The molecule has 0 unspecified atom stereocenters. The van der Waals surface area contributed by atoms with Gasteiger partial charge in [-0.15, -0.1) is 0 Å². The van der Waals surface area contributed by atoms with Gasteiger partial charge in [-0.25, -0.2) is 0 Å². The number of hydrogen-bond acceptors (Lipinski definition) is 0. The Hall–Kier alpha value is -1.56. The topological polar surface area (TPSA) is 0 Å². The summed E-state index contributed by atoms with van der Waals surface area (Å²) >= 11 is 0. The first-order chi connectivity index (χ1) is 9.92. The minimum absolute atomic E-state index is 1.15. The van der Waals surface area contributed by atoms with E-state index in [-0.39, 0.29) is 0 Å². The second-order valence-corrected chi connectivity index (χ2v) is 6.35. The van der Waals surface area contributed by atoms with E-state index in [9.17, 15) is 0 Å². The fraction of sp³-hybridized carbons (Fsp3) is 0.400. The molecule has 2 aromatic rings. The third-order valence-electron chi connectivity index (χ3n) is 5.14. The van der Waals surface area contributed by atoms with Crippen LogP contribution in [0.25, 0.3) is 0 Å². The highest BCUT2D eigenvalue weighted by Crippen LogP contribution is 2.30. The molecule has 0 heteroatoms. The highest BCUT2D eigenvalue weighted by atomic mass is 14.2. The Bertz CT molecular complexity index is 581. The summed E-state index contributed by atoms with van der Waals surface area (Å²) in [5.74, 6) is 0. The van der Waals surface area contributed by atoms with Gasteiger partial charge in [0.2, 0.25) is 0 Å². The molecule has 0 N–H and O–H groups in total. The van der Waals surface area contributed by atoms with Crippen LogP contribution in [-0.4, -0.2) is 0 Å². The summed E-state index contributed by atoms with van der Waals surface area (Å²) in [6, 6.07) is 14.0. The molecule has 0 heterocycles. The van der Waals surface area contributed by atoms with Gasteiger partial charge in [-0.1, -0.05) is 42.8 Å². The van der Waals surface area contributed by atoms with E-state index < -0.39 is 0 Å². The summed E-state index contributed by atoms with van der Waals surface area (Å²) in [5.41, 5.74) is 9.74. The normalized spacial score (nSPS) is 17.4. The monoisotopic (exact) mass is 262 g/mol. The molecule has 4 rings (SSSR count). The van der Waals surface area contributed by atoms with Crippen molar-refractivity contribution in [1.29, 1.82) is 0 Å². The zero-order valence-electron chi connectivity index (χ0n) is 12.1. The van der Waals surface area contributed by atoms with Gasteiger partial charge in [0.1, 0.15) is 0 Å². The Morgan fingerprint density at radius 1 is 0.500 bits per heavy atom. The van der Waals surface area contributed by atoms with E-state index in [2.05, 4.69) is 36.4 Å². The zero-order valence-corrected chi connectivity index (χ0v) is 12.1. The third kappa shape index (κ3) is 2.08. The molecule has 20 heavy (non-hydrogen) atoms. The predicted molar refractivity (Wildman–Crippen MR) is 84.4 cm³/mol. The minimum atomic E-state index is 1.15. The van der Waals surface area contributed by atoms with Crippen molar-refractivity contribution in [2.45, 2.75) is 51.4 Å². The lowest BCUT2D eigenvalue weighted by atomic mass is 9.91.